The number of rotatable bonds is 7. The van der Waals surface area contributed by atoms with Gasteiger partial charge in [0.25, 0.3) is 5.91 Å². The molecule has 0 aliphatic carbocycles. The van der Waals surface area contributed by atoms with E-state index in [2.05, 4.69) is 22.0 Å². The number of hydrogen-bond acceptors (Lipinski definition) is 5. The van der Waals surface area contributed by atoms with E-state index >= 15 is 0 Å². The van der Waals surface area contributed by atoms with Crippen molar-refractivity contribution in [3.63, 3.8) is 0 Å². The minimum absolute atomic E-state index is 0.0330. The number of carbonyl (C=O) groups is 2. The number of aliphatic imine (C=N–C) groups is 2. The number of carboxylic acid groups (broad SMARTS) is 1. The van der Waals surface area contributed by atoms with Crippen molar-refractivity contribution in [1.82, 2.24) is 5.32 Å². The number of hydrogen-bond donors (Lipinski definition) is 2. The lowest BCUT2D eigenvalue weighted by molar-refractivity contribution is -0.132. The molecule has 7 heteroatoms. The highest BCUT2D eigenvalue weighted by atomic mass is 16.5. The van der Waals surface area contributed by atoms with Gasteiger partial charge in [0.1, 0.15) is 11.2 Å². The summed E-state index contributed by atoms with van der Waals surface area (Å²) in [5.41, 5.74) is -0.324. The van der Waals surface area contributed by atoms with Crippen LogP contribution >= 0.6 is 0 Å². The topological polar surface area (TPSA) is 100 Å². The zero-order valence-corrected chi connectivity index (χ0v) is 14.1. The van der Waals surface area contributed by atoms with Gasteiger partial charge in [-0.25, -0.2) is 9.79 Å². The minimum Gasteiger partial charge on any atom is -0.478 e. The molecule has 0 aromatic rings. The fourth-order valence-corrected chi connectivity index (χ4v) is 2.08. The number of nitrogens with one attached hydrogen (secondary N) is 1. The van der Waals surface area contributed by atoms with Gasteiger partial charge in [-0.15, -0.1) is 0 Å². The lowest BCUT2D eigenvalue weighted by Crippen LogP contribution is -2.41. The third-order valence-corrected chi connectivity index (χ3v) is 3.79. The van der Waals surface area contributed by atoms with E-state index in [0.717, 1.165) is 0 Å². The largest absolute Gasteiger partial charge is 0.478 e. The van der Waals surface area contributed by atoms with Gasteiger partial charge in [-0.2, -0.15) is 0 Å². The minimum atomic E-state index is -1.18. The Kier molecular flexibility index (Phi) is 5.98. The van der Waals surface area contributed by atoms with Crippen LogP contribution in [0.25, 0.3) is 0 Å². The molecule has 0 bridgehead atoms. The van der Waals surface area contributed by atoms with Gasteiger partial charge in [0, 0.05) is 7.11 Å². The average molecular weight is 321 g/mol. The van der Waals surface area contributed by atoms with E-state index in [1.807, 2.05) is 13.8 Å². The Hall–Kier alpha value is -2.28. The molecule has 0 aromatic carbocycles. The maximum atomic E-state index is 12.2. The molecule has 0 saturated heterocycles. The average Bonchev–Trinajstić information content (AvgIpc) is 2.75. The van der Waals surface area contributed by atoms with E-state index in [1.165, 1.54) is 13.2 Å². The fourth-order valence-electron chi connectivity index (χ4n) is 2.08. The highest BCUT2D eigenvalue weighted by Gasteiger charge is 2.43. The Morgan fingerprint density at radius 3 is 2.57 bits per heavy atom. The summed E-state index contributed by atoms with van der Waals surface area (Å²) in [5, 5.41) is 12.1. The molecule has 0 radical (unpaired) electrons. The van der Waals surface area contributed by atoms with Crippen LogP contribution in [0.2, 0.25) is 0 Å². The van der Waals surface area contributed by atoms with Gasteiger partial charge in [-0.1, -0.05) is 13.8 Å². The lowest BCUT2D eigenvalue weighted by Gasteiger charge is -2.21. The molecule has 23 heavy (non-hydrogen) atoms. The van der Waals surface area contributed by atoms with E-state index in [9.17, 15) is 14.7 Å². The van der Waals surface area contributed by atoms with Gasteiger partial charge in [0.05, 0.1) is 12.2 Å². The first-order valence-corrected chi connectivity index (χ1v) is 7.19. The molecule has 1 amide bonds. The predicted octanol–water partition coefficient (Wildman–Crippen LogP) is 1.56. The van der Waals surface area contributed by atoms with Crippen molar-refractivity contribution in [2.24, 2.45) is 15.9 Å². The molecule has 0 saturated carbocycles. The number of carbonyl (C=O) groups excluding carboxylic acids is 1. The van der Waals surface area contributed by atoms with Crippen LogP contribution in [-0.4, -0.2) is 48.8 Å². The van der Waals surface area contributed by atoms with E-state index in [-0.39, 0.29) is 35.5 Å². The molecule has 1 unspecified atom stereocenters. The van der Waals surface area contributed by atoms with Crippen molar-refractivity contribution in [1.29, 1.82) is 0 Å². The number of nitrogens with zero attached hydrogens (tertiary/aromatic N) is 2. The van der Waals surface area contributed by atoms with Gasteiger partial charge in [-0.3, -0.25) is 9.79 Å². The van der Waals surface area contributed by atoms with E-state index in [0.29, 0.717) is 5.57 Å². The highest BCUT2D eigenvalue weighted by molar-refractivity contribution is 6.17. The molecular weight excluding hydrogens is 298 g/mol. The molecule has 126 valence electrons. The standard InChI is InChI=1S/C16H23N3O4/c1-9(2)16(4)15(22)18-13(19-16)12(17-5)11(14(20)21)7-10(3)8-23-6/h7,9H,5,8H2,1-4,6H3,(H,20,21)(H,18,19,22)/b10-7+,12-11+. The smallest absolute Gasteiger partial charge is 0.338 e. The van der Waals surface area contributed by atoms with Crippen molar-refractivity contribution >= 4 is 24.4 Å². The molecule has 0 fully saturated rings. The van der Waals surface area contributed by atoms with Crippen molar-refractivity contribution in [2.45, 2.75) is 33.2 Å². The second-order valence-corrected chi connectivity index (χ2v) is 5.87. The molecule has 1 rings (SSSR count). The molecule has 1 aliphatic heterocycles. The lowest BCUT2D eigenvalue weighted by atomic mass is 9.89. The van der Waals surface area contributed by atoms with Crippen LogP contribution in [0.15, 0.2) is 32.9 Å². The third kappa shape index (κ3) is 3.92. The Balaban J connectivity index is 3.44. The molecule has 0 aromatic heterocycles. The van der Waals surface area contributed by atoms with Crippen molar-refractivity contribution < 1.29 is 19.4 Å². The zero-order valence-electron chi connectivity index (χ0n) is 14.1. The first-order chi connectivity index (χ1) is 10.7. The van der Waals surface area contributed by atoms with E-state index in [1.54, 1.807) is 13.8 Å². The van der Waals surface area contributed by atoms with Gasteiger partial charge >= 0.3 is 5.97 Å². The highest BCUT2D eigenvalue weighted by Crippen LogP contribution is 2.28. The zero-order chi connectivity index (χ0) is 17.8. The molecule has 1 heterocycles. The summed E-state index contributed by atoms with van der Waals surface area (Å²) in [4.78, 5) is 31.9. The molecular formula is C16H23N3O4. The molecule has 1 aliphatic rings. The van der Waals surface area contributed by atoms with Crippen LogP contribution in [-0.2, 0) is 14.3 Å². The molecule has 2 N–H and O–H groups in total. The van der Waals surface area contributed by atoms with Gasteiger partial charge in [0.15, 0.2) is 5.84 Å². The normalized spacial score (nSPS) is 22.6. The quantitative estimate of drug-likeness (QED) is 0.422. The number of aliphatic carboxylic acids is 1. The van der Waals surface area contributed by atoms with Crippen LogP contribution < -0.4 is 5.32 Å². The van der Waals surface area contributed by atoms with Crippen molar-refractivity contribution in [3.05, 3.63) is 22.9 Å². The Labute approximate surface area is 135 Å². The Morgan fingerprint density at radius 2 is 2.17 bits per heavy atom. The summed E-state index contributed by atoms with van der Waals surface area (Å²) < 4.78 is 4.97. The summed E-state index contributed by atoms with van der Waals surface area (Å²) in [5.74, 6) is -1.39. The van der Waals surface area contributed by atoms with Crippen LogP contribution in [0.4, 0.5) is 0 Å². The van der Waals surface area contributed by atoms with Crippen LogP contribution in [0.1, 0.15) is 27.7 Å². The molecule has 7 nitrogen and oxygen atoms in total. The second kappa shape index (κ2) is 7.32. The third-order valence-electron chi connectivity index (χ3n) is 3.79. The summed E-state index contributed by atoms with van der Waals surface area (Å²) in [6.07, 6.45) is 1.44. The summed E-state index contributed by atoms with van der Waals surface area (Å²) in [7, 11) is 1.52. The maximum Gasteiger partial charge on any atom is 0.338 e. The monoisotopic (exact) mass is 321 g/mol. The first-order valence-electron chi connectivity index (χ1n) is 7.19. The van der Waals surface area contributed by atoms with Crippen molar-refractivity contribution in [2.75, 3.05) is 13.7 Å². The number of carboxylic acids is 1. The van der Waals surface area contributed by atoms with E-state index < -0.39 is 11.5 Å². The summed E-state index contributed by atoms with van der Waals surface area (Å²) in [6, 6.07) is 0. The number of amidine groups is 1. The second-order valence-electron chi connectivity index (χ2n) is 5.87. The number of methoxy groups -OCH3 is 1. The maximum absolute atomic E-state index is 12.2. The predicted molar refractivity (Wildman–Crippen MR) is 88.7 cm³/mol. The first kappa shape index (κ1) is 18.8. The summed E-state index contributed by atoms with van der Waals surface area (Å²) >= 11 is 0. The van der Waals surface area contributed by atoms with E-state index in [4.69, 9.17) is 4.74 Å². The van der Waals surface area contributed by atoms with Gasteiger partial charge in [-0.05, 0) is 38.1 Å². The fraction of sp³-hybridized carbons (Fsp3) is 0.500. The molecule has 0 spiro atoms. The molecule has 1 atom stereocenters. The number of amides is 1. The Bertz CT molecular complexity index is 617. The van der Waals surface area contributed by atoms with Crippen LogP contribution in [0.3, 0.4) is 0 Å². The van der Waals surface area contributed by atoms with Gasteiger partial charge in [0.2, 0.25) is 0 Å². The van der Waals surface area contributed by atoms with Crippen LogP contribution in [0.5, 0.6) is 0 Å². The van der Waals surface area contributed by atoms with Crippen LogP contribution in [0, 0.1) is 5.92 Å². The SMILES string of the molecule is C=N/C(C1=NC(C)(C(C)C)C(=O)N1)=C(\C=C(/C)COC)C(=O)O. The number of ether oxygens (including phenoxy) is 1. The van der Waals surface area contributed by atoms with Crippen molar-refractivity contribution in [3.8, 4) is 0 Å². The van der Waals surface area contributed by atoms with Gasteiger partial charge < -0.3 is 15.2 Å². The Morgan fingerprint density at radius 1 is 1.57 bits per heavy atom. The summed E-state index contributed by atoms with van der Waals surface area (Å²) in [6.45, 7) is 10.9.